The molecule has 0 radical (unpaired) electrons. The first-order valence-electron chi connectivity index (χ1n) is 6.57. The smallest absolute Gasteiger partial charge is 0.272 e. The molecule has 0 saturated carbocycles. The van der Waals surface area contributed by atoms with E-state index in [0.717, 1.165) is 0 Å². The Balaban J connectivity index is 2.96. The molecule has 1 amide bonds. The van der Waals surface area contributed by atoms with Crippen LogP contribution in [0.4, 0.5) is 5.69 Å². The summed E-state index contributed by atoms with van der Waals surface area (Å²) >= 11 is 0. The molecule has 5 heteroatoms. The van der Waals surface area contributed by atoms with Gasteiger partial charge in [-0.3, -0.25) is 4.79 Å². The van der Waals surface area contributed by atoms with Gasteiger partial charge in [-0.2, -0.15) is 0 Å². The van der Waals surface area contributed by atoms with Crippen LogP contribution in [0.1, 0.15) is 56.8 Å². The second-order valence-corrected chi connectivity index (χ2v) is 6.14. The van der Waals surface area contributed by atoms with Crippen molar-refractivity contribution in [2.75, 3.05) is 18.9 Å². The maximum Gasteiger partial charge on any atom is 0.272 e. The SMILES string of the molecule is CNc1cnc(C(C)C)nc1C(=O)NCC(C)(C)C. The highest BCUT2D eigenvalue weighted by Crippen LogP contribution is 2.16. The van der Waals surface area contributed by atoms with Crippen LogP contribution in [0, 0.1) is 5.41 Å². The molecule has 1 aromatic rings. The number of amides is 1. The second kappa shape index (κ2) is 5.99. The number of nitrogens with one attached hydrogen (secondary N) is 2. The van der Waals surface area contributed by atoms with Crippen LogP contribution in [0.25, 0.3) is 0 Å². The molecule has 0 atom stereocenters. The molecule has 0 aliphatic heterocycles. The lowest BCUT2D eigenvalue weighted by Gasteiger charge is -2.19. The van der Waals surface area contributed by atoms with E-state index in [0.29, 0.717) is 23.8 Å². The molecule has 1 aromatic heterocycles. The summed E-state index contributed by atoms with van der Waals surface area (Å²) in [5.41, 5.74) is 1.10. The molecule has 0 spiro atoms. The van der Waals surface area contributed by atoms with Crippen LogP contribution in [-0.2, 0) is 0 Å². The molecule has 0 fully saturated rings. The van der Waals surface area contributed by atoms with Gasteiger partial charge in [0.25, 0.3) is 5.91 Å². The summed E-state index contributed by atoms with van der Waals surface area (Å²) < 4.78 is 0. The molecule has 0 aliphatic rings. The van der Waals surface area contributed by atoms with E-state index < -0.39 is 0 Å². The molecule has 19 heavy (non-hydrogen) atoms. The highest BCUT2D eigenvalue weighted by Gasteiger charge is 2.18. The molecule has 0 saturated heterocycles. The number of hydrogen-bond acceptors (Lipinski definition) is 4. The van der Waals surface area contributed by atoms with E-state index >= 15 is 0 Å². The Morgan fingerprint density at radius 2 is 2.00 bits per heavy atom. The van der Waals surface area contributed by atoms with Gasteiger partial charge in [-0.15, -0.1) is 0 Å². The standard InChI is InChI=1S/C14H24N4O/c1-9(2)12-16-7-10(15-6)11(18-12)13(19)17-8-14(3,4)5/h7,9,15H,8H2,1-6H3,(H,17,19). The van der Waals surface area contributed by atoms with Crippen molar-refractivity contribution in [2.45, 2.75) is 40.5 Å². The van der Waals surface area contributed by atoms with E-state index in [-0.39, 0.29) is 17.2 Å². The fourth-order valence-corrected chi connectivity index (χ4v) is 1.46. The number of carbonyl (C=O) groups excluding carboxylic acids is 1. The summed E-state index contributed by atoms with van der Waals surface area (Å²) in [7, 11) is 1.76. The van der Waals surface area contributed by atoms with Crippen LogP contribution < -0.4 is 10.6 Å². The summed E-state index contributed by atoms with van der Waals surface area (Å²) in [6, 6.07) is 0. The van der Waals surface area contributed by atoms with E-state index in [2.05, 4.69) is 41.4 Å². The van der Waals surface area contributed by atoms with Crippen LogP contribution in [-0.4, -0.2) is 29.5 Å². The number of nitrogens with zero attached hydrogens (tertiary/aromatic N) is 2. The first-order chi connectivity index (χ1) is 8.74. The molecule has 0 aromatic carbocycles. The van der Waals surface area contributed by atoms with Crippen molar-refractivity contribution in [1.29, 1.82) is 0 Å². The Morgan fingerprint density at radius 3 is 2.47 bits per heavy atom. The van der Waals surface area contributed by atoms with Gasteiger partial charge in [0, 0.05) is 19.5 Å². The third kappa shape index (κ3) is 4.50. The molecule has 0 aliphatic carbocycles. The van der Waals surface area contributed by atoms with E-state index in [9.17, 15) is 4.79 Å². The quantitative estimate of drug-likeness (QED) is 0.876. The van der Waals surface area contributed by atoms with Gasteiger partial charge >= 0.3 is 0 Å². The van der Waals surface area contributed by atoms with Crippen LogP contribution in [0.2, 0.25) is 0 Å². The van der Waals surface area contributed by atoms with Crippen LogP contribution >= 0.6 is 0 Å². The van der Waals surface area contributed by atoms with Crippen LogP contribution in [0.3, 0.4) is 0 Å². The van der Waals surface area contributed by atoms with E-state index in [4.69, 9.17) is 0 Å². The number of anilines is 1. The third-order valence-electron chi connectivity index (χ3n) is 2.59. The summed E-state index contributed by atoms with van der Waals surface area (Å²) in [5, 5.41) is 5.86. The third-order valence-corrected chi connectivity index (χ3v) is 2.59. The molecule has 1 heterocycles. The lowest BCUT2D eigenvalue weighted by Crippen LogP contribution is -2.33. The monoisotopic (exact) mass is 264 g/mol. The fourth-order valence-electron chi connectivity index (χ4n) is 1.46. The van der Waals surface area contributed by atoms with E-state index in [1.165, 1.54) is 0 Å². The Bertz CT molecular complexity index is 449. The summed E-state index contributed by atoms with van der Waals surface area (Å²) in [6.07, 6.45) is 1.66. The van der Waals surface area contributed by atoms with Crippen LogP contribution in [0.5, 0.6) is 0 Å². The Hall–Kier alpha value is -1.65. The van der Waals surface area contributed by atoms with Crippen molar-refractivity contribution in [1.82, 2.24) is 15.3 Å². The minimum absolute atomic E-state index is 0.0450. The maximum atomic E-state index is 12.2. The summed E-state index contributed by atoms with van der Waals surface area (Å²) in [6.45, 7) is 10.8. The fraction of sp³-hybridized carbons (Fsp3) is 0.643. The van der Waals surface area contributed by atoms with Crippen LogP contribution in [0.15, 0.2) is 6.20 Å². The molecule has 1 rings (SSSR count). The Morgan fingerprint density at radius 1 is 1.37 bits per heavy atom. The first kappa shape index (κ1) is 15.4. The predicted octanol–water partition coefficient (Wildman–Crippen LogP) is 2.42. The average Bonchev–Trinajstić information content (AvgIpc) is 2.34. The summed E-state index contributed by atoms with van der Waals surface area (Å²) in [4.78, 5) is 20.8. The maximum absolute atomic E-state index is 12.2. The van der Waals surface area contributed by atoms with Gasteiger partial charge in [0.1, 0.15) is 5.82 Å². The zero-order valence-corrected chi connectivity index (χ0v) is 12.7. The highest BCUT2D eigenvalue weighted by molar-refractivity contribution is 5.97. The van der Waals surface area contributed by atoms with Gasteiger partial charge in [-0.05, 0) is 5.41 Å². The van der Waals surface area contributed by atoms with Gasteiger partial charge in [-0.1, -0.05) is 34.6 Å². The molecule has 5 nitrogen and oxygen atoms in total. The number of aromatic nitrogens is 2. The number of carbonyl (C=O) groups is 1. The normalized spacial score (nSPS) is 11.5. The van der Waals surface area contributed by atoms with Gasteiger partial charge in [0.15, 0.2) is 5.69 Å². The van der Waals surface area contributed by atoms with E-state index in [1.807, 2.05) is 13.8 Å². The zero-order chi connectivity index (χ0) is 14.6. The van der Waals surface area contributed by atoms with Crippen molar-refractivity contribution >= 4 is 11.6 Å². The molecule has 106 valence electrons. The molecule has 0 bridgehead atoms. The van der Waals surface area contributed by atoms with Crippen molar-refractivity contribution in [2.24, 2.45) is 5.41 Å². The molecule has 2 N–H and O–H groups in total. The highest BCUT2D eigenvalue weighted by atomic mass is 16.1. The average molecular weight is 264 g/mol. The minimum Gasteiger partial charge on any atom is -0.385 e. The second-order valence-electron chi connectivity index (χ2n) is 6.14. The number of rotatable bonds is 4. The predicted molar refractivity (Wildman–Crippen MR) is 77.5 cm³/mol. The number of hydrogen-bond donors (Lipinski definition) is 2. The largest absolute Gasteiger partial charge is 0.385 e. The van der Waals surface area contributed by atoms with Crippen molar-refractivity contribution < 1.29 is 4.79 Å². The lowest BCUT2D eigenvalue weighted by molar-refractivity contribution is 0.0934. The zero-order valence-electron chi connectivity index (χ0n) is 12.7. The molecular formula is C14H24N4O. The van der Waals surface area contributed by atoms with Gasteiger partial charge < -0.3 is 10.6 Å². The molecule has 0 unspecified atom stereocenters. The van der Waals surface area contributed by atoms with E-state index in [1.54, 1.807) is 13.2 Å². The first-order valence-corrected chi connectivity index (χ1v) is 6.57. The van der Waals surface area contributed by atoms with Crippen molar-refractivity contribution in [3.63, 3.8) is 0 Å². The van der Waals surface area contributed by atoms with Crippen molar-refractivity contribution in [3.8, 4) is 0 Å². The van der Waals surface area contributed by atoms with Crippen molar-refractivity contribution in [3.05, 3.63) is 17.7 Å². The summed E-state index contributed by atoms with van der Waals surface area (Å²) in [5.74, 6) is 0.712. The topological polar surface area (TPSA) is 66.9 Å². The van der Waals surface area contributed by atoms with Gasteiger partial charge in [-0.25, -0.2) is 9.97 Å². The Kier molecular flexibility index (Phi) is 4.86. The Labute approximate surface area is 115 Å². The minimum atomic E-state index is -0.163. The van der Waals surface area contributed by atoms with Gasteiger partial charge in [0.05, 0.1) is 11.9 Å². The lowest BCUT2D eigenvalue weighted by atomic mass is 9.97. The van der Waals surface area contributed by atoms with Gasteiger partial charge in [0.2, 0.25) is 0 Å². The molecular weight excluding hydrogens is 240 g/mol.